The number of carboxylic acid groups (broad SMARTS) is 2. The molecule has 0 aliphatic heterocycles. The summed E-state index contributed by atoms with van der Waals surface area (Å²) in [5, 5.41) is 30.8. The maximum absolute atomic E-state index is 9.00. The molecule has 0 fully saturated rings. The van der Waals surface area contributed by atoms with Crippen molar-refractivity contribution in [3.63, 3.8) is 0 Å². The summed E-state index contributed by atoms with van der Waals surface area (Å²) < 4.78 is 0. The topological polar surface area (TPSA) is 115 Å². The lowest BCUT2D eigenvalue weighted by atomic mass is 10.5. The zero-order chi connectivity index (χ0) is 12.0. The largest absolute Gasteiger partial charge is 0.481 e. The summed E-state index contributed by atoms with van der Waals surface area (Å²) in [5.74, 6) is -1.67. The Bertz CT molecular complexity index is 137. The molecule has 4 N–H and O–H groups in total. The Balaban J connectivity index is -0.000000135. The molecule has 6 nitrogen and oxygen atoms in total. The van der Waals surface area contributed by atoms with E-state index < -0.39 is 11.9 Å². The maximum Gasteiger partial charge on any atom is 0.300 e. The predicted molar refractivity (Wildman–Crippen MR) is 49.9 cm³/mol. The van der Waals surface area contributed by atoms with Crippen molar-refractivity contribution < 1.29 is 30.0 Å². The number of hydrogen-bond acceptors (Lipinski definition) is 4. The summed E-state index contributed by atoms with van der Waals surface area (Å²) >= 11 is 0. The van der Waals surface area contributed by atoms with Crippen molar-refractivity contribution in [3.8, 4) is 0 Å². The van der Waals surface area contributed by atoms with Crippen LogP contribution in [0.15, 0.2) is 12.2 Å². The second-order valence-corrected chi connectivity index (χ2v) is 1.87. The molecular weight excluding hydrogens is 192 g/mol. The van der Waals surface area contributed by atoms with Crippen LogP contribution in [0.2, 0.25) is 0 Å². The number of aliphatic hydroxyl groups is 2. The first-order valence-corrected chi connectivity index (χ1v) is 3.64. The Hall–Kier alpha value is -1.40. The molecule has 0 aromatic rings. The SMILES string of the molecule is CC(=O)O.CC(=O)O.OCC=CCO. The van der Waals surface area contributed by atoms with Crippen LogP contribution in [-0.2, 0) is 9.59 Å². The molecule has 0 saturated heterocycles. The molecule has 6 heteroatoms. The normalized spacial score (nSPS) is 8.00. The molecule has 0 unspecified atom stereocenters. The van der Waals surface area contributed by atoms with Crippen LogP contribution < -0.4 is 0 Å². The van der Waals surface area contributed by atoms with Crippen molar-refractivity contribution >= 4 is 11.9 Å². The molecule has 0 aromatic carbocycles. The van der Waals surface area contributed by atoms with Crippen LogP contribution in [0.4, 0.5) is 0 Å². The highest BCUT2D eigenvalue weighted by molar-refractivity contribution is 5.63. The third-order valence-corrected chi connectivity index (χ3v) is 0.377. The van der Waals surface area contributed by atoms with E-state index in [2.05, 4.69) is 0 Å². The average molecular weight is 208 g/mol. The van der Waals surface area contributed by atoms with E-state index in [1.807, 2.05) is 0 Å². The van der Waals surface area contributed by atoms with Gasteiger partial charge in [0.15, 0.2) is 0 Å². The number of hydrogen-bond donors (Lipinski definition) is 4. The van der Waals surface area contributed by atoms with Crippen LogP contribution in [0.3, 0.4) is 0 Å². The van der Waals surface area contributed by atoms with Gasteiger partial charge in [0.05, 0.1) is 13.2 Å². The Morgan fingerprint density at radius 3 is 1.14 bits per heavy atom. The van der Waals surface area contributed by atoms with E-state index in [1.165, 1.54) is 12.2 Å². The lowest BCUT2D eigenvalue weighted by Gasteiger charge is -1.73. The lowest BCUT2D eigenvalue weighted by Crippen LogP contribution is -1.78. The Morgan fingerprint density at radius 2 is 1.07 bits per heavy atom. The monoisotopic (exact) mass is 208 g/mol. The average Bonchev–Trinajstić information content (AvgIpc) is 1.98. The van der Waals surface area contributed by atoms with E-state index in [-0.39, 0.29) is 13.2 Å². The zero-order valence-electron chi connectivity index (χ0n) is 8.17. The quantitative estimate of drug-likeness (QED) is 0.463. The van der Waals surface area contributed by atoms with Gasteiger partial charge in [-0.1, -0.05) is 12.2 Å². The second kappa shape index (κ2) is 17.6. The first-order chi connectivity index (χ1) is 6.38. The van der Waals surface area contributed by atoms with E-state index >= 15 is 0 Å². The van der Waals surface area contributed by atoms with Gasteiger partial charge < -0.3 is 20.4 Å². The van der Waals surface area contributed by atoms with Gasteiger partial charge in [0.1, 0.15) is 0 Å². The van der Waals surface area contributed by atoms with Crippen LogP contribution in [-0.4, -0.2) is 45.6 Å². The van der Waals surface area contributed by atoms with Crippen molar-refractivity contribution in [3.05, 3.63) is 12.2 Å². The molecule has 0 heterocycles. The van der Waals surface area contributed by atoms with E-state index in [1.54, 1.807) is 0 Å². The van der Waals surface area contributed by atoms with Gasteiger partial charge in [-0.25, -0.2) is 0 Å². The highest BCUT2D eigenvalue weighted by Crippen LogP contribution is 1.63. The van der Waals surface area contributed by atoms with Gasteiger partial charge in [-0.05, 0) is 0 Å². The third kappa shape index (κ3) is 382. The summed E-state index contributed by atoms with van der Waals surface area (Å²) in [5.41, 5.74) is 0. The Kier molecular flexibility index (Phi) is 23.2. The standard InChI is InChI=1S/C4H8O2.2C2H4O2/c5-3-1-2-4-6;2*1-2(3)4/h1-2,5-6H,3-4H2;2*1H3,(H,3,4). The highest BCUT2D eigenvalue weighted by Gasteiger charge is 1.66. The Labute approximate surface area is 82.1 Å². The molecule has 14 heavy (non-hydrogen) atoms. The summed E-state index contributed by atoms with van der Waals surface area (Å²) in [6.07, 6.45) is 2.97. The van der Waals surface area contributed by atoms with Crippen molar-refractivity contribution in [2.24, 2.45) is 0 Å². The van der Waals surface area contributed by atoms with E-state index in [4.69, 9.17) is 30.0 Å². The minimum atomic E-state index is -0.833. The fraction of sp³-hybridized carbons (Fsp3) is 0.500. The molecule has 0 rings (SSSR count). The summed E-state index contributed by atoms with van der Waals surface area (Å²) in [7, 11) is 0. The van der Waals surface area contributed by atoms with Crippen LogP contribution >= 0.6 is 0 Å². The summed E-state index contributed by atoms with van der Waals surface area (Å²) in [4.78, 5) is 18.0. The van der Waals surface area contributed by atoms with Crippen molar-refractivity contribution in [2.75, 3.05) is 13.2 Å². The van der Waals surface area contributed by atoms with Gasteiger partial charge in [-0.3, -0.25) is 9.59 Å². The van der Waals surface area contributed by atoms with Crippen molar-refractivity contribution in [1.29, 1.82) is 0 Å². The fourth-order valence-corrected chi connectivity index (χ4v) is 0.149. The molecule has 84 valence electrons. The van der Waals surface area contributed by atoms with E-state index in [9.17, 15) is 0 Å². The van der Waals surface area contributed by atoms with Crippen LogP contribution in [0.25, 0.3) is 0 Å². The molecule has 0 atom stereocenters. The molecule has 0 radical (unpaired) electrons. The molecular formula is C8H16O6. The Morgan fingerprint density at radius 1 is 0.929 bits per heavy atom. The van der Waals surface area contributed by atoms with Gasteiger partial charge in [0.2, 0.25) is 0 Å². The van der Waals surface area contributed by atoms with Crippen molar-refractivity contribution in [2.45, 2.75) is 13.8 Å². The predicted octanol–water partition coefficient (Wildman–Crippen LogP) is -0.291. The molecule has 0 saturated carbocycles. The number of rotatable bonds is 2. The second-order valence-electron chi connectivity index (χ2n) is 1.87. The molecule has 0 aliphatic carbocycles. The number of aliphatic hydroxyl groups excluding tert-OH is 2. The van der Waals surface area contributed by atoms with E-state index in [0.717, 1.165) is 13.8 Å². The third-order valence-electron chi connectivity index (χ3n) is 0.377. The molecule has 0 aromatic heterocycles. The molecule has 0 amide bonds. The molecule has 0 aliphatic rings. The zero-order valence-corrected chi connectivity index (χ0v) is 8.17. The first kappa shape index (κ1) is 18.4. The maximum atomic E-state index is 9.00. The van der Waals surface area contributed by atoms with Gasteiger partial charge in [0.25, 0.3) is 11.9 Å². The minimum absolute atomic E-state index is 0.0144. The van der Waals surface area contributed by atoms with Crippen molar-refractivity contribution in [1.82, 2.24) is 0 Å². The first-order valence-electron chi connectivity index (χ1n) is 3.64. The fourth-order valence-electron chi connectivity index (χ4n) is 0.149. The summed E-state index contributed by atoms with van der Waals surface area (Å²) in [6, 6.07) is 0. The molecule has 0 bridgehead atoms. The van der Waals surface area contributed by atoms with Gasteiger partial charge in [-0.2, -0.15) is 0 Å². The summed E-state index contributed by atoms with van der Waals surface area (Å²) in [6.45, 7) is 2.20. The number of carboxylic acids is 2. The number of carbonyl (C=O) groups is 2. The van der Waals surface area contributed by atoms with Gasteiger partial charge in [-0.15, -0.1) is 0 Å². The van der Waals surface area contributed by atoms with Gasteiger partial charge in [0, 0.05) is 13.8 Å². The highest BCUT2D eigenvalue weighted by atomic mass is 16.4. The van der Waals surface area contributed by atoms with Crippen LogP contribution in [0.5, 0.6) is 0 Å². The lowest BCUT2D eigenvalue weighted by molar-refractivity contribution is -0.135. The van der Waals surface area contributed by atoms with E-state index in [0.29, 0.717) is 0 Å². The minimum Gasteiger partial charge on any atom is -0.481 e. The van der Waals surface area contributed by atoms with Crippen LogP contribution in [0.1, 0.15) is 13.8 Å². The molecule has 0 spiro atoms. The smallest absolute Gasteiger partial charge is 0.300 e. The number of aliphatic carboxylic acids is 2. The van der Waals surface area contributed by atoms with Gasteiger partial charge >= 0.3 is 0 Å². The van der Waals surface area contributed by atoms with Crippen LogP contribution in [0, 0.1) is 0 Å².